The molecule has 0 radical (unpaired) electrons. The summed E-state index contributed by atoms with van der Waals surface area (Å²) in [6.07, 6.45) is 8.22. The standard InChI is InChI=1S/C15H30N2O/c1-16-15(14-5-3-4-6-14)12-17(2)11-13-7-9-18-10-8-13/h13-16H,3-12H2,1-2H3. The fourth-order valence-electron chi connectivity index (χ4n) is 3.62. The lowest BCUT2D eigenvalue weighted by Gasteiger charge is -2.31. The first-order chi connectivity index (χ1) is 8.79. The van der Waals surface area contributed by atoms with Crippen LogP contribution in [0.15, 0.2) is 0 Å². The predicted octanol–water partition coefficient (Wildman–Crippen LogP) is 2.12. The Morgan fingerprint density at radius 3 is 2.44 bits per heavy atom. The van der Waals surface area contributed by atoms with E-state index < -0.39 is 0 Å². The molecule has 0 amide bonds. The number of nitrogens with zero attached hydrogens (tertiary/aromatic N) is 1. The third kappa shape index (κ3) is 4.22. The van der Waals surface area contributed by atoms with Crippen LogP contribution in [0.1, 0.15) is 38.5 Å². The molecule has 1 N–H and O–H groups in total. The van der Waals surface area contributed by atoms with E-state index in [1.807, 2.05) is 0 Å². The van der Waals surface area contributed by atoms with Crippen LogP contribution in [0, 0.1) is 11.8 Å². The zero-order chi connectivity index (χ0) is 12.8. The molecule has 1 unspecified atom stereocenters. The minimum absolute atomic E-state index is 0.692. The third-order valence-corrected chi connectivity index (χ3v) is 4.76. The highest BCUT2D eigenvalue weighted by Gasteiger charge is 2.25. The fourth-order valence-corrected chi connectivity index (χ4v) is 3.62. The maximum absolute atomic E-state index is 5.43. The lowest BCUT2D eigenvalue weighted by molar-refractivity contribution is 0.0539. The van der Waals surface area contributed by atoms with E-state index in [0.717, 1.165) is 25.0 Å². The Kier molecular flexibility index (Phi) is 5.93. The maximum Gasteiger partial charge on any atom is 0.0469 e. The first kappa shape index (κ1) is 14.3. The summed E-state index contributed by atoms with van der Waals surface area (Å²) in [6, 6.07) is 0.692. The second kappa shape index (κ2) is 7.46. The van der Waals surface area contributed by atoms with Gasteiger partial charge in [-0.15, -0.1) is 0 Å². The Morgan fingerprint density at radius 1 is 1.17 bits per heavy atom. The highest BCUT2D eigenvalue weighted by atomic mass is 16.5. The molecule has 1 heterocycles. The molecule has 2 rings (SSSR count). The topological polar surface area (TPSA) is 24.5 Å². The molecule has 1 saturated heterocycles. The van der Waals surface area contributed by atoms with Gasteiger partial charge in [0, 0.05) is 32.3 Å². The van der Waals surface area contributed by atoms with Crippen molar-refractivity contribution in [3.05, 3.63) is 0 Å². The van der Waals surface area contributed by atoms with Gasteiger partial charge in [0.1, 0.15) is 0 Å². The molecule has 3 nitrogen and oxygen atoms in total. The Hall–Kier alpha value is -0.120. The molecular weight excluding hydrogens is 224 g/mol. The molecule has 2 fully saturated rings. The minimum Gasteiger partial charge on any atom is -0.381 e. The summed E-state index contributed by atoms with van der Waals surface area (Å²) in [5, 5.41) is 3.55. The first-order valence-electron chi connectivity index (χ1n) is 7.73. The zero-order valence-electron chi connectivity index (χ0n) is 12.2. The molecule has 1 aliphatic heterocycles. The Balaban J connectivity index is 1.72. The van der Waals surface area contributed by atoms with Gasteiger partial charge in [0.15, 0.2) is 0 Å². The van der Waals surface area contributed by atoms with E-state index >= 15 is 0 Å². The third-order valence-electron chi connectivity index (χ3n) is 4.76. The predicted molar refractivity (Wildman–Crippen MR) is 75.8 cm³/mol. The van der Waals surface area contributed by atoms with Gasteiger partial charge in [0.25, 0.3) is 0 Å². The van der Waals surface area contributed by atoms with E-state index in [4.69, 9.17) is 4.74 Å². The highest BCUT2D eigenvalue weighted by Crippen LogP contribution is 2.28. The van der Waals surface area contributed by atoms with Crippen molar-refractivity contribution in [3.63, 3.8) is 0 Å². The zero-order valence-corrected chi connectivity index (χ0v) is 12.2. The van der Waals surface area contributed by atoms with Crippen molar-refractivity contribution in [1.82, 2.24) is 10.2 Å². The Bertz CT molecular complexity index is 223. The van der Waals surface area contributed by atoms with Crippen molar-refractivity contribution < 1.29 is 4.74 Å². The normalized spacial score (nSPS) is 24.8. The fraction of sp³-hybridized carbons (Fsp3) is 1.00. The lowest BCUT2D eigenvalue weighted by atomic mass is 9.96. The van der Waals surface area contributed by atoms with Crippen LogP contribution in [0.25, 0.3) is 0 Å². The summed E-state index contributed by atoms with van der Waals surface area (Å²) in [5.41, 5.74) is 0. The van der Waals surface area contributed by atoms with Gasteiger partial charge in [0.05, 0.1) is 0 Å². The molecule has 3 heteroatoms. The highest BCUT2D eigenvalue weighted by molar-refractivity contribution is 4.82. The van der Waals surface area contributed by atoms with Crippen LogP contribution in [0.5, 0.6) is 0 Å². The van der Waals surface area contributed by atoms with E-state index in [-0.39, 0.29) is 0 Å². The van der Waals surface area contributed by atoms with E-state index in [1.165, 1.54) is 51.6 Å². The number of nitrogens with one attached hydrogen (secondary N) is 1. The average molecular weight is 254 g/mol. The second-order valence-corrected chi connectivity index (χ2v) is 6.22. The second-order valence-electron chi connectivity index (χ2n) is 6.22. The number of ether oxygens (including phenoxy) is 1. The van der Waals surface area contributed by atoms with Crippen molar-refractivity contribution in [2.24, 2.45) is 11.8 Å². The molecule has 1 atom stereocenters. The molecule has 0 aromatic rings. The van der Waals surface area contributed by atoms with Crippen molar-refractivity contribution in [3.8, 4) is 0 Å². The molecule has 0 bridgehead atoms. The summed E-state index contributed by atoms with van der Waals surface area (Å²) in [6.45, 7) is 4.39. The van der Waals surface area contributed by atoms with Gasteiger partial charge >= 0.3 is 0 Å². The van der Waals surface area contributed by atoms with Crippen molar-refractivity contribution in [2.75, 3.05) is 40.4 Å². The molecule has 1 aliphatic carbocycles. The minimum atomic E-state index is 0.692. The quantitative estimate of drug-likeness (QED) is 0.786. The van der Waals surface area contributed by atoms with Gasteiger partial charge in [-0.2, -0.15) is 0 Å². The van der Waals surface area contributed by atoms with Gasteiger partial charge in [-0.05, 0) is 51.6 Å². The number of hydrogen-bond donors (Lipinski definition) is 1. The monoisotopic (exact) mass is 254 g/mol. The van der Waals surface area contributed by atoms with E-state index in [2.05, 4.69) is 24.3 Å². The van der Waals surface area contributed by atoms with Crippen molar-refractivity contribution >= 4 is 0 Å². The summed E-state index contributed by atoms with van der Waals surface area (Å²) in [7, 11) is 4.42. The first-order valence-corrected chi connectivity index (χ1v) is 7.73. The Labute approximate surface area is 112 Å². The Morgan fingerprint density at radius 2 is 1.83 bits per heavy atom. The van der Waals surface area contributed by atoms with Crippen molar-refractivity contribution in [1.29, 1.82) is 0 Å². The molecule has 106 valence electrons. The van der Waals surface area contributed by atoms with Gasteiger partial charge in [-0.1, -0.05) is 12.8 Å². The molecule has 0 spiro atoms. The molecular formula is C15H30N2O. The molecule has 0 aromatic carbocycles. The van der Waals surface area contributed by atoms with Crippen LogP contribution < -0.4 is 5.32 Å². The van der Waals surface area contributed by atoms with Crippen molar-refractivity contribution in [2.45, 2.75) is 44.6 Å². The summed E-state index contributed by atoms with van der Waals surface area (Å²) < 4.78 is 5.43. The summed E-state index contributed by atoms with van der Waals surface area (Å²) >= 11 is 0. The van der Waals surface area contributed by atoms with E-state index in [1.54, 1.807) is 0 Å². The summed E-state index contributed by atoms with van der Waals surface area (Å²) in [4.78, 5) is 2.54. The molecule has 18 heavy (non-hydrogen) atoms. The van der Waals surface area contributed by atoms with Gasteiger partial charge in [-0.25, -0.2) is 0 Å². The van der Waals surface area contributed by atoms with Crippen LogP contribution >= 0.6 is 0 Å². The van der Waals surface area contributed by atoms with Gasteiger partial charge < -0.3 is 15.0 Å². The largest absolute Gasteiger partial charge is 0.381 e. The lowest BCUT2D eigenvalue weighted by Crippen LogP contribution is -2.43. The van der Waals surface area contributed by atoms with Crippen LogP contribution in [-0.4, -0.2) is 51.3 Å². The number of hydrogen-bond acceptors (Lipinski definition) is 3. The van der Waals surface area contributed by atoms with Gasteiger partial charge in [-0.3, -0.25) is 0 Å². The van der Waals surface area contributed by atoms with Crippen LogP contribution in [0.4, 0.5) is 0 Å². The van der Waals surface area contributed by atoms with Gasteiger partial charge in [0.2, 0.25) is 0 Å². The maximum atomic E-state index is 5.43. The summed E-state index contributed by atoms with van der Waals surface area (Å²) in [5.74, 6) is 1.76. The SMILES string of the molecule is CNC(CN(C)CC1CCOCC1)C1CCCC1. The van der Waals surface area contributed by atoms with Crippen LogP contribution in [0.2, 0.25) is 0 Å². The average Bonchev–Trinajstić information content (AvgIpc) is 2.91. The van der Waals surface area contributed by atoms with Crippen LogP contribution in [0.3, 0.4) is 0 Å². The number of rotatable bonds is 6. The number of likely N-dealkylation sites (N-methyl/N-ethyl adjacent to an activating group) is 2. The molecule has 2 aliphatic rings. The van der Waals surface area contributed by atoms with E-state index in [9.17, 15) is 0 Å². The molecule has 0 aromatic heterocycles. The van der Waals surface area contributed by atoms with E-state index in [0.29, 0.717) is 6.04 Å². The smallest absolute Gasteiger partial charge is 0.0469 e. The molecule has 1 saturated carbocycles. The van der Waals surface area contributed by atoms with Crippen LogP contribution in [-0.2, 0) is 4.74 Å².